The molecule has 0 aliphatic heterocycles. The van der Waals surface area contributed by atoms with Gasteiger partial charge in [-0.1, -0.05) is 43.9 Å². The van der Waals surface area contributed by atoms with Crippen LogP contribution in [0.5, 0.6) is 0 Å². The Bertz CT molecular complexity index is 1040. The van der Waals surface area contributed by atoms with E-state index < -0.39 is 19.3 Å². The van der Waals surface area contributed by atoms with Crippen molar-refractivity contribution in [3.8, 4) is 0 Å². The first-order chi connectivity index (χ1) is 17.5. The van der Waals surface area contributed by atoms with Crippen LogP contribution in [0.1, 0.15) is 74.5 Å². The van der Waals surface area contributed by atoms with Crippen LogP contribution in [-0.2, 0) is 22.7 Å². The molecular formula is C27H36F4NO3PS. The van der Waals surface area contributed by atoms with E-state index in [1.165, 1.54) is 41.9 Å². The van der Waals surface area contributed by atoms with Crippen molar-refractivity contribution in [2.75, 3.05) is 18.5 Å². The molecule has 2 aromatic carbocycles. The highest BCUT2D eigenvalue weighted by molar-refractivity contribution is 7.99. The Morgan fingerprint density at radius 1 is 0.973 bits per heavy atom. The summed E-state index contributed by atoms with van der Waals surface area (Å²) in [6.07, 6.45) is 3.82. The van der Waals surface area contributed by atoms with Gasteiger partial charge in [0, 0.05) is 11.4 Å². The van der Waals surface area contributed by atoms with Crippen molar-refractivity contribution < 1.29 is 31.9 Å². The van der Waals surface area contributed by atoms with Gasteiger partial charge in [0.25, 0.3) is 0 Å². The van der Waals surface area contributed by atoms with Gasteiger partial charge >= 0.3 is 13.8 Å². The first-order valence-corrected chi connectivity index (χ1v) is 15.6. The van der Waals surface area contributed by atoms with E-state index in [9.17, 15) is 22.1 Å². The maximum atomic E-state index is 13.7. The highest BCUT2D eigenvalue weighted by Gasteiger charge is 2.35. The van der Waals surface area contributed by atoms with Crippen LogP contribution in [-0.4, -0.2) is 28.2 Å². The molecule has 206 valence electrons. The zero-order valence-corrected chi connectivity index (χ0v) is 22.6. The second kappa shape index (κ2) is 13.6. The molecule has 0 bridgehead atoms. The van der Waals surface area contributed by atoms with Crippen LogP contribution in [0.4, 0.5) is 17.6 Å². The molecule has 1 saturated carbocycles. The summed E-state index contributed by atoms with van der Waals surface area (Å²) in [5.41, 5.74) is 1.04. The molecule has 0 atom stereocenters. The Labute approximate surface area is 220 Å². The molecule has 4 nitrogen and oxygen atoms in total. The van der Waals surface area contributed by atoms with Gasteiger partial charge in [0.2, 0.25) is 0 Å². The maximum absolute atomic E-state index is 13.7. The van der Waals surface area contributed by atoms with Crippen LogP contribution in [0.3, 0.4) is 0 Å². The van der Waals surface area contributed by atoms with Gasteiger partial charge in [0.05, 0.1) is 11.7 Å². The molecule has 0 heterocycles. The predicted molar refractivity (Wildman–Crippen MR) is 140 cm³/mol. The van der Waals surface area contributed by atoms with E-state index in [0.717, 1.165) is 51.0 Å². The molecule has 10 heteroatoms. The highest BCUT2D eigenvalue weighted by Crippen LogP contribution is 2.44. The molecule has 0 radical (unpaired) electrons. The largest absolute Gasteiger partial charge is 0.417 e. The van der Waals surface area contributed by atoms with Crippen molar-refractivity contribution in [1.82, 2.24) is 5.32 Å². The standard InChI is InChI=1S/C27H36F4NO3PS/c28-23-10-8-22(9-11-23)26(13-2-1-3-14-26)15-4-5-18-37-25-12-7-21(19-24(25)27(29,30)31)20-32-16-6-17-36(33,34)35/h7-12,19,32H,1-6,13-18,20H2,(H2,33,34,35). The third kappa shape index (κ3) is 9.70. The minimum absolute atomic E-state index is 0.0354. The summed E-state index contributed by atoms with van der Waals surface area (Å²) < 4.78 is 65.6. The van der Waals surface area contributed by atoms with Crippen LogP contribution in [0.25, 0.3) is 0 Å². The number of alkyl halides is 3. The number of unbranched alkanes of at least 4 members (excludes halogenated alkanes) is 1. The lowest BCUT2D eigenvalue weighted by Gasteiger charge is -2.38. The first kappa shape index (κ1) is 30.2. The number of nitrogens with one attached hydrogen (secondary N) is 1. The molecule has 0 saturated heterocycles. The van der Waals surface area contributed by atoms with E-state index in [1.54, 1.807) is 6.07 Å². The summed E-state index contributed by atoms with van der Waals surface area (Å²) in [5.74, 6) is 0.344. The van der Waals surface area contributed by atoms with E-state index in [0.29, 0.717) is 17.9 Å². The molecule has 0 spiro atoms. The van der Waals surface area contributed by atoms with Crippen molar-refractivity contribution in [2.45, 2.75) is 80.8 Å². The number of halogens is 4. The topological polar surface area (TPSA) is 69.6 Å². The normalized spacial score (nSPS) is 16.2. The summed E-state index contributed by atoms with van der Waals surface area (Å²) >= 11 is 1.22. The Kier molecular flexibility index (Phi) is 11.1. The quantitative estimate of drug-likeness (QED) is 0.101. The Morgan fingerprint density at radius 3 is 2.32 bits per heavy atom. The molecule has 1 aliphatic rings. The minimum Gasteiger partial charge on any atom is -0.324 e. The number of thioether (sulfide) groups is 1. The summed E-state index contributed by atoms with van der Waals surface area (Å²) in [4.78, 5) is 18.0. The smallest absolute Gasteiger partial charge is 0.324 e. The molecule has 1 fully saturated rings. The molecule has 2 aromatic rings. The fourth-order valence-corrected chi connectivity index (χ4v) is 6.77. The van der Waals surface area contributed by atoms with Crippen molar-refractivity contribution in [2.24, 2.45) is 0 Å². The van der Waals surface area contributed by atoms with Gasteiger partial charge in [0.15, 0.2) is 0 Å². The first-order valence-electron chi connectivity index (χ1n) is 12.8. The van der Waals surface area contributed by atoms with E-state index in [2.05, 4.69) is 5.32 Å². The third-order valence-electron chi connectivity index (χ3n) is 7.06. The zero-order valence-electron chi connectivity index (χ0n) is 20.9. The van der Waals surface area contributed by atoms with Crippen LogP contribution >= 0.6 is 19.4 Å². The van der Waals surface area contributed by atoms with E-state index in [-0.39, 0.29) is 35.3 Å². The average Bonchev–Trinajstić information content (AvgIpc) is 2.84. The van der Waals surface area contributed by atoms with Crippen LogP contribution in [0.15, 0.2) is 47.4 Å². The minimum atomic E-state index is -4.46. The lowest BCUT2D eigenvalue weighted by atomic mass is 9.67. The number of rotatable bonds is 13. The van der Waals surface area contributed by atoms with Crippen molar-refractivity contribution in [1.29, 1.82) is 0 Å². The molecule has 1 aliphatic carbocycles. The van der Waals surface area contributed by atoms with Crippen molar-refractivity contribution >= 4 is 19.4 Å². The van der Waals surface area contributed by atoms with Crippen LogP contribution < -0.4 is 5.32 Å². The lowest BCUT2D eigenvalue weighted by molar-refractivity contribution is -0.139. The Balaban J connectivity index is 1.53. The fraction of sp³-hybridized carbons (Fsp3) is 0.556. The van der Waals surface area contributed by atoms with E-state index in [1.807, 2.05) is 12.1 Å². The number of hydrogen-bond donors (Lipinski definition) is 3. The Hall–Kier alpha value is -1.38. The monoisotopic (exact) mass is 561 g/mol. The van der Waals surface area contributed by atoms with Gasteiger partial charge in [0.1, 0.15) is 5.82 Å². The molecule has 3 N–H and O–H groups in total. The highest BCUT2D eigenvalue weighted by atomic mass is 32.2. The van der Waals surface area contributed by atoms with E-state index >= 15 is 0 Å². The van der Waals surface area contributed by atoms with Gasteiger partial charge < -0.3 is 15.1 Å². The number of hydrogen-bond acceptors (Lipinski definition) is 3. The third-order valence-corrected chi connectivity index (χ3v) is 9.11. The molecule has 0 aromatic heterocycles. The predicted octanol–water partition coefficient (Wildman–Crippen LogP) is 7.67. The fourth-order valence-electron chi connectivity index (χ4n) is 5.14. The van der Waals surface area contributed by atoms with Gasteiger partial charge in [-0.15, -0.1) is 11.8 Å². The van der Waals surface area contributed by atoms with Gasteiger partial charge in [-0.05, 0) is 85.2 Å². The maximum Gasteiger partial charge on any atom is 0.417 e. The van der Waals surface area contributed by atoms with Crippen LogP contribution in [0, 0.1) is 5.82 Å². The zero-order chi connectivity index (χ0) is 26.9. The van der Waals surface area contributed by atoms with Crippen molar-refractivity contribution in [3.63, 3.8) is 0 Å². The Morgan fingerprint density at radius 2 is 1.68 bits per heavy atom. The average molecular weight is 562 g/mol. The SMILES string of the molecule is O=P(O)(O)CCCNCc1ccc(SCCCCC2(c3ccc(F)cc3)CCCCC2)c(C(F)(F)F)c1. The molecule has 37 heavy (non-hydrogen) atoms. The summed E-state index contributed by atoms with van der Waals surface area (Å²) in [6.45, 7) is 0.503. The van der Waals surface area contributed by atoms with Gasteiger partial charge in [-0.25, -0.2) is 4.39 Å². The second-order valence-corrected chi connectivity index (χ2v) is 12.8. The number of benzene rings is 2. The van der Waals surface area contributed by atoms with Crippen LogP contribution in [0.2, 0.25) is 0 Å². The molecule has 0 unspecified atom stereocenters. The summed E-state index contributed by atoms with van der Waals surface area (Å²) in [6, 6.07) is 11.1. The summed E-state index contributed by atoms with van der Waals surface area (Å²) in [7, 11) is -4.07. The molecule has 3 rings (SSSR count). The second-order valence-electron chi connectivity index (χ2n) is 9.90. The van der Waals surface area contributed by atoms with Gasteiger partial charge in [-0.3, -0.25) is 4.57 Å². The lowest BCUT2D eigenvalue weighted by Crippen LogP contribution is -2.29. The summed E-state index contributed by atoms with van der Waals surface area (Å²) in [5, 5.41) is 2.95. The molecular weight excluding hydrogens is 525 g/mol. The van der Waals surface area contributed by atoms with E-state index in [4.69, 9.17) is 9.79 Å². The molecule has 0 amide bonds. The van der Waals surface area contributed by atoms with Crippen molar-refractivity contribution in [3.05, 3.63) is 65.0 Å². The van der Waals surface area contributed by atoms with Gasteiger partial charge in [-0.2, -0.15) is 13.2 Å².